The van der Waals surface area contributed by atoms with Gasteiger partial charge in [-0.15, -0.1) is 12.4 Å². The van der Waals surface area contributed by atoms with Crippen molar-refractivity contribution in [2.45, 2.75) is 38.1 Å². The van der Waals surface area contributed by atoms with Crippen molar-refractivity contribution in [2.75, 3.05) is 19.4 Å². The molecule has 4 nitrogen and oxygen atoms in total. The van der Waals surface area contributed by atoms with Gasteiger partial charge in [0.1, 0.15) is 5.75 Å². The highest BCUT2D eigenvalue weighted by Crippen LogP contribution is 2.48. The summed E-state index contributed by atoms with van der Waals surface area (Å²) in [6.07, 6.45) is 6.26. The summed E-state index contributed by atoms with van der Waals surface area (Å²) in [5.41, 5.74) is 6.82. The topological polar surface area (TPSA) is 55.6 Å². The van der Waals surface area contributed by atoms with E-state index < -0.39 is 0 Å². The molecule has 132 valence electrons. The van der Waals surface area contributed by atoms with Crippen LogP contribution in [0.4, 0.5) is 5.69 Å². The maximum atomic E-state index is 13.2. The first-order valence-corrected chi connectivity index (χ1v) is 8.87. The molecule has 6 heteroatoms. The Morgan fingerprint density at radius 1 is 1.17 bits per heavy atom. The molecule has 2 aliphatic carbocycles. The summed E-state index contributed by atoms with van der Waals surface area (Å²) in [6.45, 7) is 0.877. The number of benzene rings is 1. The van der Waals surface area contributed by atoms with Crippen molar-refractivity contribution in [3.05, 3.63) is 22.7 Å². The van der Waals surface area contributed by atoms with E-state index in [4.69, 9.17) is 22.1 Å². The van der Waals surface area contributed by atoms with Crippen LogP contribution in [0, 0.1) is 17.8 Å². The Labute approximate surface area is 154 Å². The number of fused-ring (bicyclic) bond motifs is 1. The molecule has 5 rings (SSSR count). The van der Waals surface area contributed by atoms with E-state index in [1.807, 2.05) is 0 Å². The lowest BCUT2D eigenvalue weighted by Crippen LogP contribution is -2.42. The number of ether oxygens (including phenoxy) is 1. The van der Waals surface area contributed by atoms with Crippen LogP contribution in [0.2, 0.25) is 5.02 Å². The van der Waals surface area contributed by atoms with Gasteiger partial charge in [-0.2, -0.15) is 0 Å². The van der Waals surface area contributed by atoms with Crippen LogP contribution in [-0.4, -0.2) is 30.5 Å². The van der Waals surface area contributed by atoms with Crippen molar-refractivity contribution in [1.29, 1.82) is 0 Å². The Balaban J connectivity index is 0.00000169. The summed E-state index contributed by atoms with van der Waals surface area (Å²) < 4.78 is 5.38. The Morgan fingerprint density at radius 3 is 2.42 bits per heavy atom. The summed E-state index contributed by atoms with van der Waals surface area (Å²) in [7, 11) is 1.56. The fraction of sp³-hybridized carbons (Fsp3) is 0.611. The van der Waals surface area contributed by atoms with Gasteiger partial charge < -0.3 is 15.4 Å². The SMILES string of the molecule is COc1cc(N)c(Cl)cc1C(=O)N1CC2CC3CC(C2)CC1C3.Cl. The minimum atomic E-state index is 0. The van der Waals surface area contributed by atoms with Crippen molar-refractivity contribution in [3.8, 4) is 5.75 Å². The van der Waals surface area contributed by atoms with Crippen LogP contribution in [0.25, 0.3) is 0 Å². The number of hydrogen-bond acceptors (Lipinski definition) is 3. The van der Waals surface area contributed by atoms with Crippen LogP contribution in [0.15, 0.2) is 12.1 Å². The molecule has 2 aliphatic heterocycles. The van der Waals surface area contributed by atoms with Gasteiger partial charge in [-0.1, -0.05) is 11.6 Å². The molecule has 4 bridgehead atoms. The van der Waals surface area contributed by atoms with Gasteiger partial charge in [0.05, 0.1) is 23.4 Å². The second-order valence-electron chi connectivity index (χ2n) is 7.46. The summed E-state index contributed by atoms with van der Waals surface area (Å²) in [5.74, 6) is 2.84. The molecule has 1 aromatic carbocycles. The van der Waals surface area contributed by atoms with Crippen LogP contribution >= 0.6 is 24.0 Å². The van der Waals surface area contributed by atoms with Crippen molar-refractivity contribution in [3.63, 3.8) is 0 Å². The van der Waals surface area contributed by atoms with E-state index in [-0.39, 0.29) is 18.3 Å². The van der Waals surface area contributed by atoms with Gasteiger partial charge >= 0.3 is 0 Å². The summed E-state index contributed by atoms with van der Waals surface area (Å²) in [4.78, 5) is 15.3. The highest BCUT2D eigenvalue weighted by atomic mass is 35.5. The van der Waals surface area contributed by atoms with Crippen molar-refractivity contribution in [2.24, 2.45) is 17.8 Å². The second-order valence-corrected chi connectivity index (χ2v) is 7.87. The number of carbonyl (C=O) groups is 1. The fourth-order valence-corrected chi connectivity index (χ4v) is 5.26. The molecule has 4 fully saturated rings. The molecular weight excluding hydrogens is 347 g/mol. The Kier molecular flexibility index (Phi) is 4.89. The highest BCUT2D eigenvalue weighted by Gasteiger charge is 2.44. The molecule has 0 radical (unpaired) electrons. The van der Waals surface area contributed by atoms with Gasteiger partial charge in [0, 0.05) is 18.7 Å². The zero-order valence-corrected chi connectivity index (χ0v) is 15.4. The van der Waals surface area contributed by atoms with E-state index in [0.29, 0.717) is 34.0 Å². The van der Waals surface area contributed by atoms with Crippen LogP contribution in [0.3, 0.4) is 0 Å². The fourth-order valence-electron chi connectivity index (χ4n) is 5.09. The normalized spacial score (nSPS) is 30.7. The minimum absolute atomic E-state index is 0. The molecule has 24 heavy (non-hydrogen) atoms. The smallest absolute Gasteiger partial charge is 0.257 e. The van der Waals surface area contributed by atoms with Crippen LogP contribution in [-0.2, 0) is 0 Å². The maximum absolute atomic E-state index is 13.2. The predicted octanol–water partition coefficient (Wildman–Crippen LogP) is 4.00. The number of nitrogens with zero attached hydrogens (tertiary/aromatic N) is 1. The van der Waals surface area contributed by atoms with E-state index >= 15 is 0 Å². The number of hydrogen-bond donors (Lipinski definition) is 1. The van der Waals surface area contributed by atoms with Crippen LogP contribution in [0.1, 0.15) is 42.5 Å². The summed E-state index contributed by atoms with van der Waals surface area (Å²) in [6, 6.07) is 3.68. The van der Waals surface area contributed by atoms with E-state index in [1.54, 1.807) is 19.2 Å². The van der Waals surface area contributed by atoms with Crippen LogP contribution in [0.5, 0.6) is 5.75 Å². The Bertz CT molecular complexity index is 638. The molecule has 1 aromatic rings. The van der Waals surface area contributed by atoms with E-state index in [9.17, 15) is 4.79 Å². The number of nitrogen functional groups attached to an aromatic ring is 1. The monoisotopic (exact) mass is 370 g/mol. The zero-order chi connectivity index (χ0) is 16.1. The first-order valence-electron chi connectivity index (χ1n) is 8.49. The lowest BCUT2D eigenvalue weighted by Gasteiger charge is -2.39. The number of rotatable bonds is 2. The predicted molar refractivity (Wildman–Crippen MR) is 98.0 cm³/mol. The zero-order valence-electron chi connectivity index (χ0n) is 13.8. The number of carbonyl (C=O) groups excluding carboxylic acids is 1. The molecule has 2 atom stereocenters. The molecule has 0 spiro atoms. The first-order chi connectivity index (χ1) is 11.0. The van der Waals surface area contributed by atoms with Crippen LogP contribution < -0.4 is 10.5 Å². The van der Waals surface area contributed by atoms with Crippen molar-refractivity contribution >= 4 is 35.6 Å². The minimum Gasteiger partial charge on any atom is -0.496 e. The second kappa shape index (κ2) is 6.64. The summed E-state index contributed by atoms with van der Waals surface area (Å²) in [5, 5.41) is 0.412. The third-order valence-corrected chi connectivity index (χ3v) is 6.24. The Hall–Kier alpha value is -1.13. The van der Waals surface area contributed by atoms with Gasteiger partial charge in [-0.3, -0.25) is 4.79 Å². The summed E-state index contributed by atoms with van der Waals surface area (Å²) >= 11 is 6.15. The standard InChI is InChI=1S/C18H23ClN2O2.ClH/c1-23-17-8-16(20)15(19)7-14(17)18(22)21-9-12-3-10-2-11(4-12)6-13(21)5-10;/h7-8,10-13H,2-6,9,20H2,1H3;1H. The molecule has 2 N–H and O–H groups in total. The third kappa shape index (κ3) is 2.95. The van der Waals surface area contributed by atoms with Gasteiger partial charge in [-0.25, -0.2) is 0 Å². The van der Waals surface area contributed by atoms with Gasteiger partial charge in [0.2, 0.25) is 0 Å². The van der Waals surface area contributed by atoms with E-state index in [1.165, 1.54) is 19.3 Å². The lowest BCUT2D eigenvalue weighted by molar-refractivity contribution is 0.0629. The molecule has 2 heterocycles. The third-order valence-electron chi connectivity index (χ3n) is 5.92. The number of amides is 1. The lowest BCUT2D eigenvalue weighted by atomic mass is 9.68. The molecule has 1 amide bonds. The number of halogens is 2. The van der Waals surface area contributed by atoms with E-state index in [0.717, 1.165) is 31.2 Å². The van der Waals surface area contributed by atoms with E-state index in [2.05, 4.69) is 4.90 Å². The maximum Gasteiger partial charge on any atom is 0.257 e. The van der Waals surface area contributed by atoms with Gasteiger partial charge in [-0.05, 0) is 55.9 Å². The largest absolute Gasteiger partial charge is 0.496 e. The quantitative estimate of drug-likeness (QED) is 0.800. The number of anilines is 1. The van der Waals surface area contributed by atoms with Gasteiger partial charge in [0.25, 0.3) is 5.91 Å². The van der Waals surface area contributed by atoms with Crippen molar-refractivity contribution < 1.29 is 9.53 Å². The molecular formula is C18H24Cl2N2O2. The molecule has 2 saturated heterocycles. The molecule has 2 unspecified atom stereocenters. The first kappa shape index (κ1) is 17.7. The molecule has 4 aliphatic rings. The number of methoxy groups -OCH3 is 1. The van der Waals surface area contributed by atoms with Gasteiger partial charge in [0.15, 0.2) is 0 Å². The Morgan fingerprint density at radius 2 is 1.79 bits per heavy atom. The molecule has 0 aromatic heterocycles. The molecule has 2 saturated carbocycles. The average molecular weight is 371 g/mol. The average Bonchev–Trinajstić information content (AvgIpc) is 2.72. The van der Waals surface area contributed by atoms with Crippen molar-refractivity contribution in [1.82, 2.24) is 4.90 Å². The highest BCUT2D eigenvalue weighted by molar-refractivity contribution is 6.33. The number of nitrogens with two attached hydrogens (primary N) is 1.